The number of benzene rings is 2. The zero-order valence-corrected chi connectivity index (χ0v) is 16.3. The second-order valence-electron chi connectivity index (χ2n) is 6.21. The Morgan fingerprint density at radius 3 is 2.44 bits per heavy atom. The first-order valence-corrected chi connectivity index (χ1v) is 9.97. The number of ether oxygens (including phenoxy) is 1. The van der Waals surface area contributed by atoms with Crippen molar-refractivity contribution in [3.8, 4) is 11.5 Å². The fraction of sp³-hybridized carbons (Fsp3) is 0.316. The van der Waals surface area contributed by atoms with Crippen LogP contribution in [0.1, 0.15) is 18.1 Å². The second kappa shape index (κ2) is 8.88. The van der Waals surface area contributed by atoms with Gasteiger partial charge in [0.05, 0.1) is 4.90 Å². The number of amides is 1. The normalized spacial score (nSPS) is 12.4. The molecule has 3 N–H and O–H groups in total. The molecule has 1 atom stereocenters. The maximum absolute atomic E-state index is 12.4. The summed E-state index contributed by atoms with van der Waals surface area (Å²) in [5.41, 5.74) is 1.52. The fourth-order valence-corrected chi connectivity index (χ4v) is 3.73. The Morgan fingerprint density at radius 2 is 1.78 bits per heavy atom. The predicted molar refractivity (Wildman–Crippen MR) is 102 cm³/mol. The van der Waals surface area contributed by atoms with Crippen molar-refractivity contribution in [1.29, 1.82) is 0 Å². The Hall–Kier alpha value is -2.58. The highest BCUT2D eigenvalue weighted by atomic mass is 32.2. The van der Waals surface area contributed by atoms with Crippen LogP contribution in [0, 0.1) is 13.8 Å². The van der Waals surface area contributed by atoms with Gasteiger partial charge in [0.25, 0.3) is 5.91 Å². The van der Waals surface area contributed by atoms with Crippen molar-refractivity contribution in [2.75, 3.05) is 13.1 Å². The minimum Gasteiger partial charge on any atom is -0.508 e. The van der Waals surface area contributed by atoms with Gasteiger partial charge >= 0.3 is 0 Å². The predicted octanol–water partition coefficient (Wildman–Crippen LogP) is 1.87. The quantitative estimate of drug-likeness (QED) is 0.595. The number of rotatable bonds is 8. The van der Waals surface area contributed by atoms with E-state index >= 15 is 0 Å². The maximum Gasteiger partial charge on any atom is 0.260 e. The molecule has 0 radical (unpaired) electrons. The lowest BCUT2D eigenvalue weighted by Gasteiger charge is -2.15. The van der Waals surface area contributed by atoms with Crippen LogP contribution >= 0.6 is 0 Å². The van der Waals surface area contributed by atoms with Crippen LogP contribution in [-0.4, -0.2) is 38.6 Å². The van der Waals surface area contributed by atoms with Crippen LogP contribution in [0.3, 0.4) is 0 Å². The summed E-state index contributed by atoms with van der Waals surface area (Å²) in [5, 5.41) is 11.9. The Morgan fingerprint density at radius 1 is 1.11 bits per heavy atom. The molecule has 1 unspecified atom stereocenters. The summed E-state index contributed by atoms with van der Waals surface area (Å²) >= 11 is 0. The number of aryl methyl sites for hydroxylation is 2. The maximum atomic E-state index is 12.4. The fourth-order valence-electron chi connectivity index (χ4n) is 2.37. The molecule has 2 aromatic carbocycles. The van der Waals surface area contributed by atoms with Crippen LogP contribution in [0.25, 0.3) is 0 Å². The SMILES string of the molecule is Cc1ccc(C)c(S(=O)(=O)NCCNC(=O)C(C)Oc2ccc(O)cc2)c1. The lowest BCUT2D eigenvalue weighted by molar-refractivity contribution is -0.127. The lowest BCUT2D eigenvalue weighted by atomic mass is 10.2. The van der Waals surface area contributed by atoms with E-state index in [2.05, 4.69) is 10.0 Å². The molecule has 146 valence electrons. The molecule has 0 saturated heterocycles. The monoisotopic (exact) mass is 392 g/mol. The summed E-state index contributed by atoms with van der Waals surface area (Å²) < 4.78 is 32.7. The molecule has 0 spiro atoms. The van der Waals surface area contributed by atoms with Gasteiger partial charge in [-0.15, -0.1) is 0 Å². The molecular weight excluding hydrogens is 368 g/mol. The molecule has 1 amide bonds. The van der Waals surface area contributed by atoms with E-state index in [1.165, 1.54) is 12.1 Å². The first-order valence-electron chi connectivity index (χ1n) is 8.49. The molecule has 0 aromatic heterocycles. The molecule has 0 aliphatic rings. The van der Waals surface area contributed by atoms with Crippen molar-refractivity contribution in [3.63, 3.8) is 0 Å². The van der Waals surface area contributed by atoms with Gasteiger partial charge in [0.1, 0.15) is 11.5 Å². The molecule has 0 aliphatic heterocycles. The van der Waals surface area contributed by atoms with Crippen molar-refractivity contribution in [2.24, 2.45) is 0 Å². The standard InChI is InChI=1S/C19H24N2O5S/c1-13-4-5-14(2)18(12-13)27(24,25)21-11-10-20-19(23)15(3)26-17-8-6-16(22)7-9-17/h4-9,12,15,21-22H,10-11H2,1-3H3,(H,20,23). The van der Waals surface area contributed by atoms with Crippen molar-refractivity contribution in [1.82, 2.24) is 10.0 Å². The molecule has 0 heterocycles. The first kappa shape index (κ1) is 20.7. The van der Waals surface area contributed by atoms with Crippen LogP contribution in [-0.2, 0) is 14.8 Å². The number of phenols is 1. The third kappa shape index (κ3) is 5.97. The number of hydrogen-bond acceptors (Lipinski definition) is 5. The average molecular weight is 392 g/mol. The summed E-state index contributed by atoms with van der Waals surface area (Å²) in [7, 11) is -3.64. The zero-order chi connectivity index (χ0) is 20.0. The molecular formula is C19H24N2O5S. The molecule has 0 aliphatic carbocycles. The van der Waals surface area contributed by atoms with Crippen LogP contribution in [0.2, 0.25) is 0 Å². The number of aromatic hydroxyl groups is 1. The zero-order valence-electron chi connectivity index (χ0n) is 15.5. The third-order valence-electron chi connectivity index (χ3n) is 3.87. The van der Waals surface area contributed by atoms with Gasteiger partial charge in [-0.3, -0.25) is 4.79 Å². The Kier molecular flexibility index (Phi) is 6.81. The minimum atomic E-state index is -3.64. The molecule has 8 heteroatoms. The number of nitrogens with one attached hydrogen (secondary N) is 2. The van der Waals surface area contributed by atoms with Gasteiger partial charge in [-0.1, -0.05) is 12.1 Å². The molecule has 0 fully saturated rings. The highest BCUT2D eigenvalue weighted by Crippen LogP contribution is 2.17. The van der Waals surface area contributed by atoms with Gasteiger partial charge in [-0.25, -0.2) is 13.1 Å². The summed E-state index contributed by atoms with van der Waals surface area (Å²) in [5.74, 6) is 0.190. The number of hydrogen-bond donors (Lipinski definition) is 3. The average Bonchev–Trinajstić information content (AvgIpc) is 2.62. The van der Waals surface area contributed by atoms with Crippen molar-refractivity contribution >= 4 is 15.9 Å². The first-order chi connectivity index (χ1) is 12.7. The van der Waals surface area contributed by atoms with Gasteiger partial charge in [0, 0.05) is 13.1 Å². The van der Waals surface area contributed by atoms with Crippen LogP contribution < -0.4 is 14.8 Å². The molecule has 27 heavy (non-hydrogen) atoms. The van der Waals surface area contributed by atoms with Crippen LogP contribution in [0.5, 0.6) is 11.5 Å². The lowest BCUT2D eigenvalue weighted by Crippen LogP contribution is -2.40. The van der Waals surface area contributed by atoms with Gasteiger partial charge in [0.2, 0.25) is 10.0 Å². The molecule has 0 bridgehead atoms. The van der Waals surface area contributed by atoms with E-state index in [0.717, 1.165) is 5.56 Å². The summed E-state index contributed by atoms with van der Waals surface area (Å²) in [6.07, 6.45) is -0.759. The van der Waals surface area contributed by atoms with E-state index < -0.39 is 16.1 Å². The van der Waals surface area contributed by atoms with E-state index in [1.807, 2.05) is 13.0 Å². The highest BCUT2D eigenvalue weighted by Gasteiger charge is 2.17. The highest BCUT2D eigenvalue weighted by molar-refractivity contribution is 7.89. The van der Waals surface area contributed by atoms with Gasteiger partial charge < -0.3 is 15.2 Å². The largest absolute Gasteiger partial charge is 0.508 e. The van der Waals surface area contributed by atoms with Crippen LogP contribution in [0.15, 0.2) is 47.4 Å². The van der Waals surface area contributed by atoms with E-state index in [-0.39, 0.29) is 29.6 Å². The van der Waals surface area contributed by atoms with E-state index in [1.54, 1.807) is 38.1 Å². The summed E-state index contributed by atoms with van der Waals surface area (Å²) in [6, 6.07) is 11.3. The Labute approximate surface area is 159 Å². The third-order valence-corrected chi connectivity index (χ3v) is 5.47. The van der Waals surface area contributed by atoms with Gasteiger partial charge in [-0.05, 0) is 62.2 Å². The number of carbonyl (C=O) groups is 1. The van der Waals surface area contributed by atoms with E-state index in [0.29, 0.717) is 11.3 Å². The summed E-state index contributed by atoms with van der Waals surface area (Å²) in [4.78, 5) is 12.3. The van der Waals surface area contributed by atoms with E-state index in [4.69, 9.17) is 4.74 Å². The number of carbonyl (C=O) groups excluding carboxylic acids is 1. The van der Waals surface area contributed by atoms with Gasteiger partial charge in [0.15, 0.2) is 6.10 Å². The van der Waals surface area contributed by atoms with Crippen molar-refractivity contribution in [3.05, 3.63) is 53.6 Å². The number of phenolic OH excluding ortho intramolecular Hbond substituents is 1. The molecule has 7 nitrogen and oxygen atoms in total. The van der Waals surface area contributed by atoms with Crippen molar-refractivity contribution in [2.45, 2.75) is 31.8 Å². The Balaban J connectivity index is 1.82. The van der Waals surface area contributed by atoms with Crippen molar-refractivity contribution < 1.29 is 23.1 Å². The van der Waals surface area contributed by atoms with Crippen LogP contribution in [0.4, 0.5) is 0 Å². The van der Waals surface area contributed by atoms with E-state index in [9.17, 15) is 18.3 Å². The molecule has 0 saturated carbocycles. The molecule has 2 rings (SSSR count). The smallest absolute Gasteiger partial charge is 0.260 e. The van der Waals surface area contributed by atoms with Gasteiger partial charge in [-0.2, -0.15) is 0 Å². The Bertz CT molecular complexity index is 895. The minimum absolute atomic E-state index is 0.0629. The topological polar surface area (TPSA) is 105 Å². The second-order valence-corrected chi connectivity index (χ2v) is 7.95. The summed E-state index contributed by atoms with van der Waals surface area (Å²) in [6.45, 7) is 5.34. The number of sulfonamides is 1. The molecule has 2 aromatic rings.